The molecule has 1 aliphatic rings. The molecule has 0 bridgehead atoms. The third kappa shape index (κ3) is 3.86. The van der Waals surface area contributed by atoms with Crippen molar-refractivity contribution in [1.82, 2.24) is 4.90 Å². The number of halogens is 2. The fraction of sp³-hybridized carbons (Fsp3) is 0.278. The van der Waals surface area contributed by atoms with E-state index in [1.807, 2.05) is 24.3 Å². The summed E-state index contributed by atoms with van der Waals surface area (Å²) in [5, 5.41) is 0.350. The summed E-state index contributed by atoms with van der Waals surface area (Å²) in [5.41, 5.74) is 1.16. The van der Waals surface area contributed by atoms with E-state index in [0.717, 1.165) is 18.7 Å². The summed E-state index contributed by atoms with van der Waals surface area (Å²) < 4.78 is 25.1. The Hall–Kier alpha value is -1.69. The minimum absolute atomic E-state index is 0.0498. The number of para-hydroxylation sites is 1. The third-order valence-corrected chi connectivity index (χ3v) is 4.68. The van der Waals surface area contributed by atoms with Crippen LogP contribution >= 0.6 is 23.8 Å². The van der Waals surface area contributed by atoms with Gasteiger partial charge in [0.1, 0.15) is 23.2 Å². The van der Waals surface area contributed by atoms with Gasteiger partial charge in [0.2, 0.25) is 0 Å². The van der Waals surface area contributed by atoms with Gasteiger partial charge in [-0.25, -0.2) is 4.39 Å². The number of nitrogens with zero attached hydrogens (tertiary/aromatic N) is 1. The van der Waals surface area contributed by atoms with E-state index in [1.165, 1.54) is 6.07 Å². The summed E-state index contributed by atoms with van der Waals surface area (Å²) in [6, 6.07) is 12.1. The van der Waals surface area contributed by atoms with Crippen LogP contribution in [0.25, 0.3) is 0 Å². The van der Waals surface area contributed by atoms with Crippen LogP contribution in [0, 0.1) is 5.82 Å². The third-order valence-electron chi connectivity index (χ3n) is 3.85. The van der Waals surface area contributed by atoms with Crippen molar-refractivity contribution in [3.05, 3.63) is 64.4 Å². The van der Waals surface area contributed by atoms with E-state index >= 15 is 0 Å². The van der Waals surface area contributed by atoms with Gasteiger partial charge in [0.25, 0.3) is 0 Å². The molecular weight excluding hydrogens is 349 g/mol. The number of morpholine rings is 1. The lowest BCUT2D eigenvalue weighted by Crippen LogP contribution is -2.40. The fourth-order valence-corrected chi connectivity index (χ4v) is 3.09. The normalized spacial score (nSPS) is 14.5. The summed E-state index contributed by atoms with van der Waals surface area (Å²) in [4.78, 5) is 2.81. The average molecular weight is 366 g/mol. The molecule has 1 aliphatic heterocycles. The number of thiocarbonyl (C=S) groups is 1. The zero-order chi connectivity index (χ0) is 16.9. The molecule has 1 fully saturated rings. The Kier molecular flexibility index (Phi) is 5.66. The molecule has 0 spiro atoms. The van der Waals surface area contributed by atoms with Gasteiger partial charge in [0.15, 0.2) is 0 Å². The smallest absolute Gasteiger partial charge is 0.131 e. The van der Waals surface area contributed by atoms with Gasteiger partial charge in [-0.1, -0.05) is 42.0 Å². The molecule has 0 unspecified atom stereocenters. The molecule has 24 heavy (non-hydrogen) atoms. The monoisotopic (exact) mass is 365 g/mol. The van der Waals surface area contributed by atoms with E-state index in [1.54, 1.807) is 12.1 Å². The maximum absolute atomic E-state index is 13.9. The number of hydrogen-bond donors (Lipinski definition) is 0. The maximum Gasteiger partial charge on any atom is 0.131 e. The SMILES string of the molecule is Fc1cccc(Cl)c1COc1ccccc1C(=S)N1CCOCC1. The summed E-state index contributed by atoms with van der Waals surface area (Å²) in [6.07, 6.45) is 0. The molecule has 3 nitrogen and oxygen atoms in total. The van der Waals surface area contributed by atoms with Crippen LogP contribution in [-0.2, 0) is 11.3 Å². The van der Waals surface area contributed by atoms with Gasteiger partial charge < -0.3 is 14.4 Å². The van der Waals surface area contributed by atoms with Crippen LogP contribution in [0.2, 0.25) is 5.02 Å². The van der Waals surface area contributed by atoms with E-state index < -0.39 is 0 Å². The molecule has 3 rings (SSSR count). The highest BCUT2D eigenvalue weighted by molar-refractivity contribution is 7.80. The molecule has 0 aliphatic carbocycles. The number of ether oxygens (including phenoxy) is 2. The molecule has 2 aromatic rings. The first kappa shape index (κ1) is 17.1. The van der Waals surface area contributed by atoms with Crippen molar-refractivity contribution >= 4 is 28.8 Å². The molecule has 0 amide bonds. The van der Waals surface area contributed by atoms with Crippen molar-refractivity contribution in [2.45, 2.75) is 6.61 Å². The quantitative estimate of drug-likeness (QED) is 0.761. The van der Waals surface area contributed by atoms with Crippen molar-refractivity contribution in [2.75, 3.05) is 26.3 Å². The Morgan fingerprint density at radius 3 is 2.67 bits per heavy atom. The van der Waals surface area contributed by atoms with Crippen LogP contribution < -0.4 is 4.74 Å². The van der Waals surface area contributed by atoms with Gasteiger partial charge in [-0.3, -0.25) is 0 Å². The maximum atomic E-state index is 13.9. The first-order chi connectivity index (χ1) is 11.7. The van der Waals surface area contributed by atoms with Crippen LogP contribution in [-0.4, -0.2) is 36.2 Å². The molecule has 0 aromatic heterocycles. The van der Waals surface area contributed by atoms with Gasteiger partial charge in [0.05, 0.1) is 23.8 Å². The lowest BCUT2D eigenvalue weighted by molar-refractivity contribution is 0.0692. The van der Waals surface area contributed by atoms with Crippen LogP contribution in [0.15, 0.2) is 42.5 Å². The summed E-state index contributed by atoms with van der Waals surface area (Å²) in [6.45, 7) is 2.88. The highest BCUT2D eigenvalue weighted by Crippen LogP contribution is 2.25. The second-order valence-electron chi connectivity index (χ2n) is 5.39. The molecular formula is C18H17ClFNO2S. The second-order valence-corrected chi connectivity index (χ2v) is 6.18. The van der Waals surface area contributed by atoms with E-state index in [4.69, 9.17) is 33.3 Å². The molecule has 0 atom stereocenters. The Morgan fingerprint density at radius 2 is 1.92 bits per heavy atom. The summed E-state index contributed by atoms with van der Waals surface area (Å²) in [7, 11) is 0. The Morgan fingerprint density at radius 1 is 1.17 bits per heavy atom. The number of hydrogen-bond acceptors (Lipinski definition) is 3. The standard InChI is InChI=1S/C18H17ClFNO2S/c19-15-5-3-6-16(20)14(15)12-23-17-7-2-1-4-13(17)18(24)21-8-10-22-11-9-21/h1-7H,8-12H2. The molecule has 0 radical (unpaired) electrons. The highest BCUT2D eigenvalue weighted by atomic mass is 35.5. The molecule has 1 saturated heterocycles. The van der Waals surface area contributed by atoms with Crippen LogP contribution in [0.3, 0.4) is 0 Å². The molecule has 126 valence electrons. The Balaban J connectivity index is 1.78. The first-order valence-electron chi connectivity index (χ1n) is 7.68. The lowest BCUT2D eigenvalue weighted by Gasteiger charge is -2.29. The van der Waals surface area contributed by atoms with Gasteiger partial charge in [-0.15, -0.1) is 0 Å². The van der Waals surface area contributed by atoms with E-state index in [9.17, 15) is 4.39 Å². The number of rotatable bonds is 4. The topological polar surface area (TPSA) is 21.7 Å². The van der Waals surface area contributed by atoms with Crippen molar-refractivity contribution in [3.8, 4) is 5.75 Å². The lowest BCUT2D eigenvalue weighted by atomic mass is 10.1. The van der Waals surface area contributed by atoms with E-state index in [2.05, 4.69) is 4.90 Å². The van der Waals surface area contributed by atoms with E-state index in [-0.39, 0.29) is 12.4 Å². The van der Waals surface area contributed by atoms with Crippen molar-refractivity contribution in [1.29, 1.82) is 0 Å². The van der Waals surface area contributed by atoms with Gasteiger partial charge in [-0.2, -0.15) is 0 Å². The van der Waals surface area contributed by atoms with Gasteiger partial charge in [0, 0.05) is 18.7 Å². The largest absolute Gasteiger partial charge is 0.488 e. The predicted octanol–water partition coefficient (Wildman–Crippen LogP) is 4.07. The minimum Gasteiger partial charge on any atom is -0.488 e. The second kappa shape index (κ2) is 7.92. The molecule has 2 aromatic carbocycles. The molecule has 0 N–H and O–H groups in total. The zero-order valence-corrected chi connectivity index (χ0v) is 14.6. The number of benzene rings is 2. The molecule has 6 heteroatoms. The van der Waals surface area contributed by atoms with Crippen LogP contribution in [0.4, 0.5) is 4.39 Å². The van der Waals surface area contributed by atoms with Gasteiger partial charge >= 0.3 is 0 Å². The average Bonchev–Trinajstić information content (AvgIpc) is 2.62. The molecule has 0 saturated carbocycles. The van der Waals surface area contributed by atoms with Crippen molar-refractivity contribution in [3.63, 3.8) is 0 Å². The first-order valence-corrected chi connectivity index (χ1v) is 8.47. The predicted molar refractivity (Wildman–Crippen MR) is 96.3 cm³/mol. The summed E-state index contributed by atoms with van der Waals surface area (Å²) >= 11 is 11.7. The van der Waals surface area contributed by atoms with Crippen LogP contribution in [0.5, 0.6) is 5.75 Å². The van der Waals surface area contributed by atoms with E-state index in [0.29, 0.717) is 34.5 Å². The van der Waals surface area contributed by atoms with Crippen LogP contribution in [0.1, 0.15) is 11.1 Å². The van der Waals surface area contributed by atoms with Crippen molar-refractivity contribution in [2.24, 2.45) is 0 Å². The van der Waals surface area contributed by atoms with Crippen molar-refractivity contribution < 1.29 is 13.9 Å². The zero-order valence-electron chi connectivity index (χ0n) is 13.0. The fourth-order valence-electron chi connectivity index (χ4n) is 2.53. The Labute approximate surface area is 150 Å². The minimum atomic E-state index is -0.379. The Bertz CT molecular complexity index is 714. The summed E-state index contributed by atoms with van der Waals surface area (Å²) in [5.74, 6) is 0.240. The molecule has 1 heterocycles. The van der Waals surface area contributed by atoms with Gasteiger partial charge in [-0.05, 0) is 24.3 Å². The highest BCUT2D eigenvalue weighted by Gasteiger charge is 2.18.